The number of nitrogens with one attached hydrogen (secondary N) is 2. The summed E-state index contributed by atoms with van der Waals surface area (Å²) in [4.78, 5) is 43.3. The molecule has 0 aliphatic heterocycles. The number of amides is 3. The first-order valence-electron chi connectivity index (χ1n) is 6.02. The van der Waals surface area contributed by atoms with Crippen LogP contribution in [0.2, 0.25) is 0 Å². The van der Waals surface area contributed by atoms with E-state index < -0.39 is 36.0 Å². The average Bonchev–Trinajstić information content (AvgIpc) is 2.31. The SMILES string of the molecule is CC(CCC(=O)O)NC(=O)N[C@@H](CCC(N)=O)C(=O)O. The van der Waals surface area contributed by atoms with Crippen LogP contribution in [0.1, 0.15) is 32.6 Å². The molecule has 0 heterocycles. The Balaban J connectivity index is 4.21. The van der Waals surface area contributed by atoms with Crippen molar-refractivity contribution in [2.75, 3.05) is 0 Å². The quantitative estimate of drug-likeness (QED) is 0.376. The molecule has 20 heavy (non-hydrogen) atoms. The van der Waals surface area contributed by atoms with Gasteiger partial charge in [0, 0.05) is 18.9 Å². The maximum Gasteiger partial charge on any atom is 0.326 e. The number of urea groups is 1. The van der Waals surface area contributed by atoms with Gasteiger partial charge in [-0.25, -0.2) is 9.59 Å². The molecule has 9 nitrogen and oxygen atoms in total. The van der Waals surface area contributed by atoms with Crippen LogP contribution >= 0.6 is 0 Å². The molecule has 0 spiro atoms. The third kappa shape index (κ3) is 8.72. The summed E-state index contributed by atoms with van der Waals surface area (Å²) in [5.74, 6) is -2.92. The summed E-state index contributed by atoms with van der Waals surface area (Å²) in [5.41, 5.74) is 4.90. The molecule has 3 amide bonds. The highest BCUT2D eigenvalue weighted by atomic mass is 16.4. The number of carbonyl (C=O) groups excluding carboxylic acids is 2. The molecular formula is C11H19N3O6. The largest absolute Gasteiger partial charge is 0.481 e. The number of hydrogen-bond donors (Lipinski definition) is 5. The van der Waals surface area contributed by atoms with Crippen molar-refractivity contribution in [2.24, 2.45) is 5.73 Å². The van der Waals surface area contributed by atoms with Gasteiger partial charge < -0.3 is 26.6 Å². The highest BCUT2D eigenvalue weighted by Gasteiger charge is 2.21. The number of rotatable bonds is 9. The lowest BCUT2D eigenvalue weighted by atomic mass is 10.1. The number of carboxylic acid groups (broad SMARTS) is 2. The predicted molar refractivity (Wildman–Crippen MR) is 67.9 cm³/mol. The van der Waals surface area contributed by atoms with Crippen LogP contribution in [0, 0.1) is 0 Å². The first kappa shape index (κ1) is 17.7. The minimum atomic E-state index is -1.28. The second-order valence-electron chi connectivity index (χ2n) is 4.35. The summed E-state index contributed by atoms with van der Waals surface area (Å²) in [6.45, 7) is 1.60. The fourth-order valence-corrected chi connectivity index (χ4v) is 1.38. The minimum Gasteiger partial charge on any atom is -0.481 e. The van der Waals surface area contributed by atoms with Crippen molar-refractivity contribution in [3.8, 4) is 0 Å². The van der Waals surface area contributed by atoms with Crippen LogP contribution in [0.4, 0.5) is 4.79 Å². The highest BCUT2D eigenvalue weighted by Crippen LogP contribution is 1.99. The predicted octanol–water partition coefficient (Wildman–Crippen LogP) is -0.742. The zero-order chi connectivity index (χ0) is 15.7. The lowest BCUT2D eigenvalue weighted by Gasteiger charge is -2.17. The van der Waals surface area contributed by atoms with E-state index in [1.165, 1.54) is 0 Å². The van der Waals surface area contributed by atoms with Crippen molar-refractivity contribution in [3.05, 3.63) is 0 Å². The first-order valence-corrected chi connectivity index (χ1v) is 6.02. The Morgan fingerprint density at radius 3 is 2.10 bits per heavy atom. The lowest BCUT2D eigenvalue weighted by molar-refractivity contribution is -0.139. The smallest absolute Gasteiger partial charge is 0.326 e. The van der Waals surface area contributed by atoms with Crippen molar-refractivity contribution in [1.82, 2.24) is 10.6 Å². The Morgan fingerprint density at radius 2 is 1.65 bits per heavy atom. The first-order chi connectivity index (χ1) is 9.22. The Bertz CT molecular complexity index is 384. The van der Waals surface area contributed by atoms with Gasteiger partial charge in [0.2, 0.25) is 5.91 Å². The third-order valence-corrected chi connectivity index (χ3v) is 2.45. The molecule has 0 aromatic heterocycles. The molecule has 114 valence electrons. The Morgan fingerprint density at radius 1 is 1.05 bits per heavy atom. The van der Waals surface area contributed by atoms with E-state index in [2.05, 4.69) is 10.6 Å². The standard InChI is InChI=1S/C11H19N3O6/c1-6(2-5-9(16)17)13-11(20)14-7(10(18)19)3-4-8(12)15/h6-7H,2-5H2,1H3,(H2,12,15)(H,16,17)(H,18,19)(H2,13,14,20)/t6?,7-/m0/s1. The molecule has 0 bridgehead atoms. The number of primary amides is 1. The minimum absolute atomic E-state index is 0.106. The molecule has 2 atom stereocenters. The van der Waals surface area contributed by atoms with Crippen LogP contribution in [-0.2, 0) is 14.4 Å². The molecule has 0 aromatic rings. The Labute approximate surface area is 115 Å². The molecule has 0 radical (unpaired) electrons. The number of nitrogens with two attached hydrogens (primary N) is 1. The maximum atomic E-state index is 11.5. The van der Waals surface area contributed by atoms with Gasteiger partial charge in [0.05, 0.1) is 0 Å². The fraction of sp³-hybridized carbons (Fsp3) is 0.636. The van der Waals surface area contributed by atoms with E-state index in [1.54, 1.807) is 6.92 Å². The van der Waals surface area contributed by atoms with Gasteiger partial charge in [0.1, 0.15) is 6.04 Å². The topological polar surface area (TPSA) is 159 Å². The zero-order valence-electron chi connectivity index (χ0n) is 11.1. The van der Waals surface area contributed by atoms with E-state index in [1.807, 2.05) is 0 Å². The zero-order valence-corrected chi connectivity index (χ0v) is 11.1. The summed E-state index contributed by atoms with van der Waals surface area (Å²) < 4.78 is 0. The molecule has 1 unspecified atom stereocenters. The van der Waals surface area contributed by atoms with Gasteiger partial charge in [-0.1, -0.05) is 0 Å². The fourth-order valence-electron chi connectivity index (χ4n) is 1.38. The van der Waals surface area contributed by atoms with E-state index in [9.17, 15) is 19.2 Å². The monoisotopic (exact) mass is 289 g/mol. The van der Waals surface area contributed by atoms with Crippen molar-refractivity contribution >= 4 is 23.9 Å². The number of hydrogen-bond acceptors (Lipinski definition) is 4. The molecule has 9 heteroatoms. The maximum absolute atomic E-state index is 11.5. The summed E-state index contributed by atoms with van der Waals surface area (Å²) >= 11 is 0. The van der Waals surface area contributed by atoms with Gasteiger partial charge in [-0.05, 0) is 19.8 Å². The second kappa shape index (κ2) is 8.73. The van der Waals surface area contributed by atoms with Crippen LogP contribution in [0.25, 0.3) is 0 Å². The van der Waals surface area contributed by atoms with E-state index in [-0.39, 0.29) is 25.7 Å². The molecule has 0 aliphatic rings. The molecule has 0 aromatic carbocycles. The number of aliphatic carboxylic acids is 2. The van der Waals surface area contributed by atoms with Crippen LogP contribution < -0.4 is 16.4 Å². The normalized spacial score (nSPS) is 13.1. The van der Waals surface area contributed by atoms with E-state index in [0.29, 0.717) is 0 Å². The number of carbonyl (C=O) groups is 4. The molecule has 0 aliphatic carbocycles. The van der Waals surface area contributed by atoms with Gasteiger partial charge in [0.15, 0.2) is 0 Å². The van der Waals surface area contributed by atoms with Crippen LogP contribution in [0.15, 0.2) is 0 Å². The van der Waals surface area contributed by atoms with Crippen molar-refractivity contribution in [3.63, 3.8) is 0 Å². The summed E-state index contributed by atoms with van der Waals surface area (Å²) in [7, 11) is 0. The molecule has 0 fully saturated rings. The molecule has 0 rings (SSSR count). The average molecular weight is 289 g/mol. The second-order valence-corrected chi connectivity index (χ2v) is 4.35. The summed E-state index contributed by atoms with van der Waals surface area (Å²) in [5, 5.41) is 22.0. The molecule has 0 saturated heterocycles. The third-order valence-electron chi connectivity index (χ3n) is 2.45. The van der Waals surface area contributed by atoms with Crippen molar-refractivity contribution < 1.29 is 29.4 Å². The lowest BCUT2D eigenvalue weighted by Crippen LogP contribution is -2.48. The van der Waals surface area contributed by atoms with Gasteiger partial charge in [0.25, 0.3) is 0 Å². The van der Waals surface area contributed by atoms with Crippen LogP contribution in [0.5, 0.6) is 0 Å². The molecule has 6 N–H and O–H groups in total. The van der Waals surface area contributed by atoms with Gasteiger partial charge in [-0.2, -0.15) is 0 Å². The van der Waals surface area contributed by atoms with Gasteiger partial charge in [-0.3, -0.25) is 9.59 Å². The van der Waals surface area contributed by atoms with Crippen LogP contribution in [-0.4, -0.2) is 46.2 Å². The highest BCUT2D eigenvalue weighted by molar-refractivity contribution is 5.83. The van der Waals surface area contributed by atoms with Gasteiger partial charge >= 0.3 is 18.0 Å². The molecule has 0 saturated carbocycles. The summed E-state index contributed by atoms with van der Waals surface area (Å²) in [6.07, 6.45) is -0.152. The van der Waals surface area contributed by atoms with E-state index >= 15 is 0 Å². The Kier molecular flexibility index (Phi) is 7.71. The van der Waals surface area contributed by atoms with E-state index in [0.717, 1.165) is 0 Å². The van der Waals surface area contributed by atoms with Crippen molar-refractivity contribution in [2.45, 2.75) is 44.7 Å². The van der Waals surface area contributed by atoms with E-state index in [4.69, 9.17) is 15.9 Å². The molecular weight excluding hydrogens is 270 g/mol. The summed E-state index contributed by atoms with van der Waals surface area (Å²) in [6, 6.07) is -2.38. The number of carboxylic acids is 2. The van der Waals surface area contributed by atoms with Crippen molar-refractivity contribution in [1.29, 1.82) is 0 Å². The van der Waals surface area contributed by atoms with Crippen LogP contribution in [0.3, 0.4) is 0 Å². The Hall–Kier alpha value is -2.32. The van der Waals surface area contributed by atoms with Gasteiger partial charge in [-0.15, -0.1) is 0 Å².